The molecule has 0 aromatic carbocycles. The molecule has 1 aliphatic carbocycles. The van der Waals surface area contributed by atoms with Crippen LogP contribution in [0.3, 0.4) is 0 Å². The third-order valence-corrected chi connectivity index (χ3v) is 3.25. The van der Waals surface area contributed by atoms with Gasteiger partial charge in [0, 0.05) is 17.3 Å². The molecule has 2 rings (SSSR count). The van der Waals surface area contributed by atoms with E-state index in [1.165, 1.54) is 32.1 Å². The SMILES string of the molecule is Cc1cc(C2CCCCC2)nc(CC(=O)O)n1. The second-order valence-electron chi connectivity index (χ2n) is 4.76. The quantitative estimate of drug-likeness (QED) is 0.872. The van der Waals surface area contributed by atoms with Crippen LogP contribution in [0.25, 0.3) is 0 Å². The van der Waals surface area contributed by atoms with E-state index < -0.39 is 5.97 Å². The molecule has 1 saturated carbocycles. The van der Waals surface area contributed by atoms with Gasteiger partial charge >= 0.3 is 5.97 Å². The Hall–Kier alpha value is -1.45. The molecule has 0 amide bonds. The van der Waals surface area contributed by atoms with Crippen LogP contribution >= 0.6 is 0 Å². The lowest BCUT2D eigenvalue weighted by molar-refractivity contribution is -0.136. The maximum Gasteiger partial charge on any atom is 0.311 e. The first-order valence-electron chi connectivity index (χ1n) is 6.21. The summed E-state index contributed by atoms with van der Waals surface area (Å²) in [6.45, 7) is 1.90. The van der Waals surface area contributed by atoms with Crippen LogP contribution in [-0.4, -0.2) is 21.0 Å². The lowest BCUT2D eigenvalue weighted by atomic mass is 9.86. The predicted octanol–water partition coefficient (Wildman–Crippen LogP) is 2.46. The van der Waals surface area contributed by atoms with Gasteiger partial charge in [-0.05, 0) is 25.8 Å². The van der Waals surface area contributed by atoms with Gasteiger partial charge in [0.1, 0.15) is 12.2 Å². The topological polar surface area (TPSA) is 63.1 Å². The Bertz CT molecular complexity index is 412. The number of aryl methyl sites for hydroxylation is 1. The molecule has 1 aromatic heterocycles. The number of carboxylic acid groups (broad SMARTS) is 1. The zero-order chi connectivity index (χ0) is 12.3. The summed E-state index contributed by atoms with van der Waals surface area (Å²) in [6, 6.07) is 2.00. The smallest absolute Gasteiger partial charge is 0.311 e. The van der Waals surface area contributed by atoms with Gasteiger partial charge in [0.05, 0.1) is 0 Å². The Morgan fingerprint density at radius 3 is 2.71 bits per heavy atom. The number of carbonyl (C=O) groups is 1. The fourth-order valence-corrected chi connectivity index (χ4v) is 2.48. The predicted molar refractivity (Wildman–Crippen MR) is 63.9 cm³/mol. The second kappa shape index (κ2) is 5.25. The molecule has 17 heavy (non-hydrogen) atoms. The molecule has 0 saturated heterocycles. The molecular weight excluding hydrogens is 216 g/mol. The van der Waals surface area contributed by atoms with E-state index >= 15 is 0 Å². The minimum absolute atomic E-state index is 0.0819. The van der Waals surface area contributed by atoms with Crippen LogP contribution in [0.1, 0.15) is 55.2 Å². The Labute approximate surface area is 101 Å². The lowest BCUT2D eigenvalue weighted by Crippen LogP contribution is -2.12. The summed E-state index contributed by atoms with van der Waals surface area (Å²) in [7, 11) is 0. The van der Waals surface area contributed by atoms with Crippen molar-refractivity contribution in [3.63, 3.8) is 0 Å². The minimum Gasteiger partial charge on any atom is -0.481 e. The maximum atomic E-state index is 10.7. The van der Waals surface area contributed by atoms with Crippen molar-refractivity contribution in [2.45, 2.75) is 51.4 Å². The summed E-state index contributed by atoms with van der Waals surface area (Å²) in [5, 5.41) is 8.78. The third kappa shape index (κ3) is 3.25. The zero-order valence-corrected chi connectivity index (χ0v) is 10.1. The lowest BCUT2D eigenvalue weighted by Gasteiger charge is -2.21. The summed E-state index contributed by atoms with van der Waals surface area (Å²) in [6.07, 6.45) is 6.07. The number of hydrogen-bond donors (Lipinski definition) is 1. The second-order valence-corrected chi connectivity index (χ2v) is 4.76. The van der Waals surface area contributed by atoms with E-state index in [-0.39, 0.29) is 6.42 Å². The number of hydrogen-bond acceptors (Lipinski definition) is 3. The van der Waals surface area contributed by atoms with Gasteiger partial charge < -0.3 is 5.11 Å². The fraction of sp³-hybridized carbons (Fsp3) is 0.615. The standard InChI is InChI=1S/C13H18N2O2/c1-9-7-11(10-5-3-2-4-6-10)15-12(14-9)8-13(16)17/h7,10H,2-6,8H2,1H3,(H,16,17). The van der Waals surface area contributed by atoms with Gasteiger partial charge in [0.25, 0.3) is 0 Å². The van der Waals surface area contributed by atoms with Crippen LogP contribution in [0.2, 0.25) is 0 Å². The molecule has 1 N–H and O–H groups in total. The van der Waals surface area contributed by atoms with Crippen LogP contribution in [0.4, 0.5) is 0 Å². The van der Waals surface area contributed by atoms with E-state index in [2.05, 4.69) is 9.97 Å². The summed E-state index contributed by atoms with van der Waals surface area (Å²) in [4.78, 5) is 19.3. The molecule has 0 unspecified atom stereocenters. The number of nitrogens with zero attached hydrogens (tertiary/aromatic N) is 2. The Morgan fingerprint density at radius 1 is 1.35 bits per heavy atom. The van der Waals surface area contributed by atoms with Gasteiger partial charge in [-0.1, -0.05) is 19.3 Å². The molecule has 0 aliphatic heterocycles. The Kier molecular flexibility index (Phi) is 3.71. The van der Waals surface area contributed by atoms with E-state index in [0.29, 0.717) is 11.7 Å². The summed E-state index contributed by atoms with van der Waals surface area (Å²) in [5.41, 5.74) is 1.91. The Balaban J connectivity index is 2.20. The van der Waals surface area contributed by atoms with Crippen molar-refractivity contribution in [1.82, 2.24) is 9.97 Å². The highest BCUT2D eigenvalue weighted by Gasteiger charge is 2.18. The highest BCUT2D eigenvalue weighted by atomic mass is 16.4. The fourth-order valence-electron chi connectivity index (χ4n) is 2.48. The summed E-state index contributed by atoms with van der Waals surface area (Å²) < 4.78 is 0. The molecule has 1 fully saturated rings. The van der Waals surface area contributed by atoms with Crippen LogP contribution in [0.5, 0.6) is 0 Å². The monoisotopic (exact) mass is 234 g/mol. The highest BCUT2D eigenvalue weighted by Crippen LogP contribution is 2.31. The van der Waals surface area contributed by atoms with Crippen molar-refractivity contribution < 1.29 is 9.90 Å². The number of carboxylic acids is 1. The number of aromatic nitrogens is 2. The number of rotatable bonds is 3. The van der Waals surface area contributed by atoms with Crippen molar-refractivity contribution >= 4 is 5.97 Å². The first kappa shape index (κ1) is 12.0. The maximum absolute atomic E-state index is 10.7. The minimum atomic E-state index is -0.870. The molecule has 4 nitrogen and oxygen atoms in total. The van der Waals surface area contributed by atoms with Crippen molar-refractivity contribution in [2.75, 3.05) is 0 Å². The molecule has 92 valence electrons. The summed E-state index contributed by atoms with van der Waals surface area (Å²) in [5.74, 6) is 0.0706. The van der Waals surface area contributed by atoms with Gasteiger partial charge in [0.15, 0.2) is 0 Å². The first-order valence-corrected chi connectivity index (χ1v) is 6.21. The molecule has 1 aliphatic rings. The van der Waals surface area contributed by atoms with Crippen molar-refractivity contribution in [3.8, 4) is 0 Å². The molecule has 1 aromatic rings. The third-order valence-electron chi connectivity index (χ3n) is 3.25. The van der Waals surface area contributed by atoms with Crippen molar-refractivity contribution in [2.24, 2.45) is 0 Å². The van der Waals surface area contributed by atoms with Crippen LogP contribution < -0.4 is 0 Å². The number of aliphatic carboxylic acids is 1. The average Bonchev–Trinajstić information content (AvgIpc) is 2.28. The summed E-state index contributed by atoms with van der Waals surface area (Å²) >= 11 is 0. The van der Waals surface area contributed by atoms with Crippen LogP contribution in [-0.2, 0) is 11.2 Å². The molecule has 0 bridgehead atoms. The van der Waals surface area contributed by atoms with E-state index in [4.69, 9.17) is 5.11 Å². The molecule has 0 atom stereocenters. The molecule has 4 heteroatoms. The normalized spacial score (nSPS) is 17.0. The zero-order valence-electron chi connectivity index (χ0n) is 10.1. The molecular formula is C13H18N2O2. The van der Waals surface area contributed by atoms with E-state index in [0.717, 1.165) is 11.4 Å². The van der Waals surface area contributed by atoms with Crippen molar-refractivity contribution in [3.05, 3.63) is 23.3 Å². The first-order chi connectivity index (χ1) is 8.15. The van der Waals surface area contributed by atoms with E-state index in [1.807, 2.05) is 13.0 Å². The van der Waals surface area contributed by atoms with Gasteiger partial charge in [-0.3, -0.25) is 4.79 Å². The largest absolute Gasteiger partial charge is 0.481 e. The van der Waals surface area contributed by atoms with Crippen LogP contribution in [0, 0.1) is 6.92 Å². The average molecular weight is 234 g/mol. The molecule has 0 radical (unpaired) electrons. The van der Waals surface area contributed by atoms with Gasteiger partial charge in [-0.15, -0.1) is 0 Å². The molecule has 0 spiro atoms. The van der Waals surface area contributed by atoms with Gasteiger partial charge in [0.2, 0.25) is 0 Å². The van der Waals surface area contributed by atoms with Crippen LogP contribution in [0.15, 0.2) is 6.07 Å². The van der Waals surface area contributed by atoms with Gasteiger partial charge in [-0.2, -0.15) is 0 Å². The molecule has 1 heterocycles. The van der Waals surface area contributed by atoms with E-state index in [9.17, 15) is 4.79 Å². The van der Waals surface area contributed by atoms with Crippen molar-refractivity contribution in [1.29, 1.82) is 0 Å². The highest BCUT2D eigenvalue weighted by molar-refractivity contribution is 5.68. The Morgan fingerprint density at radius 2 is 2.06 bits per heavy atom. The van der Waals surface area contributed by atoms with Gasteiger partial charge in [-0.25, -0.2) is 9.97 Å². The van der Waals surface area contributed by atoms with E-state index in [1.54, 1.807) is 0 Å².